The van der Waals surface area contributed by atoms with Crippen LogP contribution in [0.5, 0.6) is 0 Å². The van der Waals surface area contributed by atoms with Gasteiger partial charge in [-0.3, -0.25) is 4.90 Å². The van der Waals surface area contributed by atoms with Crippen LogP contribution in [0.25, 0.3) is 0 Å². The Morgan fingerprint density at radius 1 is 1.29 bits per heavy atom. The second kappa shape index (κ2) is 7.43. The van der Waals surface area contributed by atoms with Crippen LogP contribution >= 0.6 is 12.4 Å². The number of pyridine rings is 1. The summed E-state index contributed by atoms with van der Waals surface area (Å²) in [6.07, 6.45) is 6.07. The van der Waals surface area contributed by atoms with Gasteiger partial charge >= 0.3 is 0 Å². The number of aromatic nitrogens is 1. The van der Waals surface area contributed by atoms with Gasteiger partial charge in [0, 0.05) is 45.0 Å². The quantitative estimate of drug-likeness (QED) is 0.924. The third-order valence-corrected chi connectivity index (χ3v) is 4.85. The van der Waals surface area contributed by atoms with Gasteiger partial charge in [0.1, 0.15) is 5.82 Å². The van der Waals surface area contributed by atoms with Crippen molar-refractivity contribution in [3.8, 4) is 0 Å². The first-order chi connectivity index (χ1) is 9.78. The van der Waals surface area contributed by atoms with Gasteiger partial charge in [0.05, 0.1) is 0 Å². The molecule has 3 heterocycles. The van der Waals surface area contributed by atoms with Crippen molar-refractivity contribution in [2.24, 2.45) is 0 Å². The average molecular weight is 311 g/mol. The Balaban J connectivity index is 0.00000161. The molecule has 1 aromatic heterocycles. The van der Waals surface area contributed by atoms with Crippen LogP contribution < -0.4 is 10.2 Å². The van der Waals surface area contributed by atoms with Gasteiger partial charge in [-0.1, -0.05) is 6.07 Å². The van der Waals surface area contributed by atoms with Crippen molar-refractivity contribution in [1.29, 1.82) is 0 Å². The normalized spacial score (nSPS) is 25.2. The molecule has 4 nitrogen and oxygen atoms in total. The summed E-state index contributed by atoms with van der Waals surface area (Å²) in [5.74, 6) is 1.07. The van der Waals surface area contributed by atoms with Gasteiger partial charge in [0.15, 0.2) is 0 Å². The Kier molecular flexibility index (Phi) is 5.85. The second-order valence-electron chi connectivity index (χ2n) is 6.09. The highest BCUT2D eigenvalue weighted by Crippen LogP contribution is 2.29. The highest BCUT2D eigenvalue weighted by atomic mass is 35.5. The number of halogens is 1. The maximum atomic E-state index is 4.59. The van der Waals surface area contributed by atoms with Crippen molar-refractivity contribution >= 4 is 18.2 Å². The molecule has 2 aliphatic heterocycles. The molecule has 2 aliphatic rings. The molecule has 0 radical (unpaired) electrons. The lowest BCUT2D eigenvalue weighted by atomic mass is 10.1. The summed E-state index contributed by atoms with van der Waals surface area (Å²) in [5.41, 5.74) is 1.34. The van der Waals surface area contributed by atoms with E-state index in [1.165, 1.54) is 31.4 Å². The maximum absolute atomic E-state index is 4.59. The molecule has 0 aliphatic carbocycles. The molecular formula is C16H27ClN4. The third-order valence-electron chi connectivity index (χ3n) is 4.85. The molecule has 3 rings (SSSR count). The van der Waals surface area contributed by atoms with Crippen LogP contribution in [-0.2, 0) is 6.54 Å². The van der Waals surface area contributed by atoms with Gasteiger partial charge in [-0.15, -0.1) is 12.4 Å². The number of hydrogen-bond acceptors (Lipinski definition) is 4. The van der Waals surface area contributed by atoms with Gasteiger partial charge in [-0.2, -0.15) is 0 Å². The van der Waals surface area contributed by atoms with Gasteiger partial charge in [0.2, 0.25) is 0 Å². The topological polar surface area (TPSA) is 31.4 Å². The fourth-order valence-corrected chi connectivity index (χ4v) is 3.45. The largest absolute Gasteiger partial charge is 0.360 e. The van der Waals surface area contributed by atoms with Gasteiger partial charge in [-0.05, 0) is 44.4 Å². The van der Waals surface area contributed by atoms with Crippen molar-refractivity contribution in [3.05, 3.63) is 23.9 Å². The Morgan fingerprint density at radius 2 is 2.10 bits per heavy atom. The predicted molar refractivity (Wildman–Crippen MR) is 90.3 cm³/mol. The number of hydrogen-bond donors (Lipinski definition) is 1. The van der Waals surface area contributed by atoms with Crippen molar-refractivity contribution in [1.82, 2.24) is 15.2 Å². The lowest BCUT2D eigenvalue weighted by Gasteiger charge is -2.27. The van der Waals surface area contributed by atoms with E-state index in [1.807, 2.05) is 0 Å². The lowest BCUT2D eigenvalue weighted by molar-refractivity contribution is 0.193. The summed E-state index contributed by atoms with van der Waals surface area (Å²) in [4.78, 5) is 9.46. The first-order valence-corrected chi connectivity index (χ1v) is 7.90. The molecule has 2 fully saturated rings. The van der Waals surface area contributed by atoms with Crippen LogP contribution in [0.4, 0.5) is 5.82 Å². The molecule has 5 heteroatoms. The van der Waals surface area contributed by atoms with E-state index < -0.39 is 0 Å². The molecule has 1 aromatic rings. The molecule has 2 atom stereocenters. The fourth-order valence-electron chi connectivity index (χ4n) is 3.45. The first kappa shape index (κ1) is 16.5. The Morgan fingerprint density at radius 3 is 2.81 bits per heavy atom. The third kappa shape index (κ3) is 3.68. The summed E-state index contributed by atoms with van der Waals surface area (Å²) < 4.78 is 0. The minimum absolute atomic E-state index is 0. The molecule has 0 amide bonds. The zero-order valence-electron chi connectivity index (χ0n) is 13.1. The van der Waals surface area contributed by atoms with E-state index in [1.54, 1.807) is 0 Å². The molecule has 2 saturated heterocycles. The standard InChI is InChI=1S/C16H26N4.ClH/c1-3-19(2)16-7-4-13(10-18-16)12-20-14-5-6-15(20)11-17-9-8-14;/h4,7,10,14-15,17H,3,5-6,8-9,11-12H2,1-2H3;1H. The molecule has 118 valence electrons. The van der Waals surface area contributed by atoms with Crippen molar-refractivity contribution in [3.63, 3.8) is 0 Å². The summed E-state index contributed by atoms with van der Waals surface area (Å²) >= 11 is 0. The zero-order chi connectivity index (χ0) is 13.9. The van der Waals surface area contributed by atoms with E-state index in [2.05, 4.69) is 52.4 Å². The van der Waals surface area contributed by atoms with Gasteiger partial charge < -0.3 is 10.2 Å². The molecule has 21 heavy (non-hydrogen) atoms. The summed E-state index contributed by atoms with van der Waals surface area (Å²) in [6.45, 7) is 6.53. The molecule has 2 unspecified atom stereocenters. The molecular weight excluding hydrogens is 284 g/mol. The SMILES string of the molecule is CCN(C)c1ccc(CN2C3CCNCC2CC3)cn1.Cl. The van der Waals surface area contributed by atoms with E-state index in [4.69, 9.17) is 0 Å². The van der Waals surface area contributed by atoms with E-state index in [0.29, 0.717) is 0 Å². The van der Waals surface area contributed by atoms with Gasteiger partial charge in [0.25, 0.3) is 0 Å². The smallest absolute Gasteiger partial charge is 0.128 e. The van der Waals surface area contributed by atoms with E-state index in [9.17, 15) is 0 Å². The lowest BCUT2D eigenvalue weighted by Crippen LogP contribution is -2.37. The first-order valence-electron chi connectivity index (χ1n) is 7.90. The highest BCUT2D eigenvalue weighted by Gasteiger charge is 2.34. The van der Waals surface area contributed by atoms with E-state index in [0.717, 1.165) is 37.5 Å². The second-order valence-corrected chi connectivity index (χ2v) is 6.09. The Hall–Kier alpha value is -0.840. The number of nitrogens with zero attached hydrogens (tertiary/aromatic N) is 3. The van der Waals surface area contributed by atoms with Crippen LogP contribution in [0.3, 0.4) is 0 Å². The average Bonchev–Trinajstić information content (AvgIpc) is 2.72. The maximum Gasteiger partial charge on any atom is 0.128 e. The van der Waals surface area contributed by atoms with Crippen LogP contribution in [0.1, 0.15) is 31.7 Å². The molecule has 1 N–H and O–H groups in total. The summed E-state index contributed by atoms with van der Waals surface area (Å²) in [5, 5.41) is 3.56. The van der Waals surface area contributed by atoms with Crippen LogP contribution in [0.15, 0.2) is 18.3 Å². The van der Waals surface area contributed by atoms with Crippen molar-refractivity contribution in [2.45, 2.75) is 44.8 Å². The van der Waals surface area contributed by atoms with Crippen molar-refractivity contribution in [2.75, 3.05) is 31.6 Å². The van der Waals surface area contributed by atoms with Crippen LogP contribution in [0.2, 0.25) is 0 Å². The Bertz CT molecular complexity index is 422. The van der Waals surface area contributed by atoms with E-state index in [-0.39, 0.29) is 12.4 Å². The molecule has 0 spiro atoms. The van der Waals surface area contributed by atoms with Gasteiger partial charge in [-0.25, -0.2) is 4.98 Å². The van der Waals surface area contributed by atoms with Crippen LogP contribution in [0, 0.1) is 0 Å². The molecule has 0 aromatic carbocycles. The fraction of sp³-hybridized carbons (Fsp3) is 0.688. The highest BCUT2D eigenvalue weighted by molar-refractivity contribution is 5.85. The van der Waals surface area contributed by atoms with Crippen molar-refractivity contribution < 1.29 is 0 Å². The molecule has 0 saturated carbocycles. The number of nitrogens with one attached hydrogen (secondary N) is 1. The summed E-state index contributed by atoms with van der Waals surface area (Å²) in [6, 6.07) is 5.89. The minimum Gasteiger partial charge on any atom is -0.360 e. The Labute approximate surface area is 134 Å². The number of rotatable bonds is 4. The predicted octanol–water partition coefficient (Wildman–Crippen LogP) is 2.29. The molecule has 2 bridgehead atoms. The summed E-state index contributed by atoms with van der Waals surface area (Å²) in [7, 11) is 2.09. The van der Waals surface area contributed by atoms with E-state index >= 15 is 0 Å². The number of fused-ring (bicyclic) bond motifs is 2. The number of anilines is 1. The minimum atomic E-state index is 0. The zero-order valence-corrected chi connectivity index (χ0v) is 13.9. The van der Waals surface area contributed by atoms with Crippen LogP contribution in [-0.4, -0.2) is 48.6 Å². The monoisotopic (exact) mass is 310 g/mol.